The van der Waals surface area contributed by atoms with Gasteiger partial charge in [-0.05, 0) is 50.7 Å². The van der Waals surface area contributed by atoms with Crippen molar-refractivity contribution in [2.24, 2.45) is 11.8 Å². The number of carbonyl (C=O) groups excluding carboxylic acids is 1. The van der Waals surface area contributed by atoms with Crippen molar-refractivity contribution in [2.75, 3.05) is 18.0 Å². The third-order valence-corrected chi connectivity index (χ3v) is 9.07. The van der Waals surface area contributed by atoms with Crippen molar-refractivity contribution in [3.63, 3.8) is 0 Å². The van der Waals surface area contributed by atoms with Gasteiger partial charge in [-0.1, -0.05) is 36.5 Å². The van der Waals surface area contributed by atoms with Crippen LogP contribution in [0.25, 0.3) is 33.8 Å². The Hall–Kier alpha value is -3.73. The molecule has 2 unspecified atom stereocenters. The molecule has 4 aromatic rings. The third kappa shape index (κ3) is 5.23. The molecule has 0 aromatic carbocycles. The lowest BCUT2D eigenvalue weighted by atomic mass is 9.83. The van der Waals surface area contributed by atoms with E-state index in [4.69, 9.17) is 26.1 Å². The Bertz CT molecular complexity index is 1640. The fourth-order valence-corrected chi connectivity index (χ4v) is 6.55. The molecule has 2 fully saturated rings. The van der Waals surface area contributed by atoms with E-state index in [1.807, 2.05) is 17.0 Å². The Labute approximate surface area is 242 Å². The summed E-state index contributed by atoms with van der Waals surface area (Å²) in [5.41, 5.74) is 3.43. The molecule has 11 nitrogen and oxygen atoms in total. The highest BCUT2D eigenvalue weighted by Crippen LogP contribution is 2.38. The monoisotopic (exact) mass is 578 g/mol. The molecule has 0 radical (unpaired) electrons. The Morgan fingerprint density at radius 3 is 2.54 bits per heavy atom. The zero-order valence-corrected chi connectivity index (χ0v) is 24.6. The number of H-pyrrole nitrogens is 1. The first kappa shape index (κ1) is 27.4. The fourth-order valence-electron chi connectivity index (χ4n) is 6.38. The van der Waals surface area contributed by atoms with Gasteiger partial charge in [-0.3, -0.25) is 19.3 Å². The van der Waals surface area contributed by atoms with Crippen LogP contribution in [0.5, 0.6) is 0 Å². The average Bonchev–Trinajstić information content (AvgIpc) is 3.54. The summed E-state index contributed by atoms with van der Waals surface area (Å²) in [6.45, 7) is 10.3. The number of pyridine rings is 2. The first-order valence-electron chi connectivity index (χ1n) is 14.3. The van der Waals surface area contributed by atoms with E-state index in [-0.39, 0.29) is 23.8 Å². The molecule has 1 aliphatic carbocycles. The summed E-state index contributed by atoms with van der Waals surface area (Å²) in [6.07, 6.45) is 8.06. The van der Waals surface area contributed by atoms with Gasteiger partial charge in [0.05, 0.1) is 21.7 Å². The van der Waals surface area contributed by atoms with Gasteiger partial charge in [0.1, 0.15) is 5.69 Å². The SMILES string of the molecule is CC(=O)N1CCN(c2nc3cc(-c4noc(=O)[nH]4)nc(-c4cncc(Cl)c4)c3n2CC2CCC(C)CC2)C(C)C1C. The molecule has 2 atom stereocenters. The van der Waals surface area contributed by atoms with E-state index in [9.17, 15) is 9.59 Å². The number of imidazole rings is 1. The highest BCUT2D eigenvalue weighted by molar-refractivity contribution is 6.30. The molecule has 12 heteroatoms. The molecular weight excluding hydrogens is 544 g/mol. The second-order valence-electron chi connectivity index (χ2n) is 11.6. The number of aromatic amines is 1. The predicted octanol–water partition coefficient (Wildman–Crippen LogP) is 4.76. The molecule has 1 aliphatic heterocycles. The molecular formula is C29H35ClN8O3. The number of hydrogen-bond donors (Lipinski definition) is 1. The Morgan fingerprint density at radius 2 is 1.85 bits per heavy atom. The number of nitrogens with zero attached hydrogens (tertiary/aromatic N) is 7. The van der Waals surface area contributed by atoms with Gasteiger partial charge in [0, 0.05) is 56.6 Å². The smallest absolute Gasteiger partial charge is 0.336 e. The first-order chi connectivity index (χ1) is 19.7. The van der Waals surface area contributed by atoms with Gasteiger partial charge in [-0.25, -0.2) is 14.8 Å². The molecule has 1 amide bonds. The lowest BCUT2D eigenvalue weighted by Crippen LogP contribution is -2.59. The normalized spacial score (nSPS) is 23.3. The van der Waals surface area contributed by atoms with Gasteiger partial charge in [-0.2, -0.15) is 0 Å². The summed E-state index contributed by atoms with van der Waals surface area (Å²) >= 11 is 6.39. The number of aromatic nitrogens is 6. The molecule has 5 heterocycles. The van der Waals surface area contributed by atoms with E-state index >= 15 is 0 Å². The molecule has 216 valence electrons. The fraction of sp³-hybridized carbons (Fsp3) is 0.517. The Balaban J connectivity index is 1.56. The standard InChI is InChI=1S/C29H35ClN8O3/c1-16-5-7-20(8-6-16)15-38-26-23(33-28(38)37-10-9-36(19(4)39)17(2)18(37)3)12-24(27-34-29(40)41-35-27)32-25(26)21-11-22(30)14-31-13-21/h11-14,16-18,20H,5-10,15H2,1-4H3,(H,34,35,40). The van der Waals surface area contributed by atoms with Gasteiger partial charge >= 0.3 is 5.76 Å². The summed E-state index contributed by atoms with van der Waals surface area (Å²) in [6, 6.07) is 3.75. The van der Waals surface area contributed by atoms with Crippen molar-refractivity contribution in [2.45, 2.75) is 72.0 Å². The van der Waals surface area contributed by atoms with Crippen molar-refractivity contribution >= 4 is 34.5 Å². The number of rotatable bonds is 5. The second kappa shape index (κ2) is 10.9. The van der Waals surface area contributed by atoms with Crippen LogP contribution in [-0.4, -0.2) is 65.6 Å². The number of nitrogens with one attached hydrogen (secondary N) is 1. The topological polar surface area (TPSA) is 126 Å². The number of anilines is 1. The first-order valence-corrected chi connectivity index (χ1v) is 14.7. The zero-order chi connectivity index (χ0) is 28.8. The maximum Gasteiger partial charge on any atom is 0.439 e. The van der Waals surface area contributed by atoms with Crippen LogP contribution < -0.4 is 10.7 Å². The quantitative estimate of drug-likeness (QED) is 0.359. The molecule has 1 saturated carbocycles. The number of carbonyl (C=O) groups is 1. The van der Waals surface area contributed by atoms with Gasteiger partial charge in [0.2, 0.25) is 17.7 Å². The number of fused-ring (bicyclic) bond motifs is 1. The van der Waals surface area contributed by atoms with Crippen LogP contribution in [0, 0.1) is 11.8 Å². The minimum atomic E-state index is -0.656. The lowest BCUT2D eigenvalue weighted by Gasteiger charge is -2.45. The van der Waals surface area contributed by atoms with Crippen LogP contribution >= 0.6 is 11.6 Å². The van der Waals surface area contributed by atoms with Crippen LogP contribution in [0.4, 0.5) is 5.95 Å². The predicted molar refractivity (Wildman–Crippen MR) is 157 cm³/mol. The van der Waals surface area contributed by atoms with Crippen LogP contribution in [0.1, 0.15) is 53.4 Å². The molecule has 0 bridgehead atoms. The van der Waals surface area contributed by atoms with E-state index in [1.54, 1.807) is 19.3 Å². The van der Waals surface area contributed by atoms with Crippen molar-refractivity contribution in [1.82, 2.24) is 34.6 Å². The maximum atomic E-state index is 12.3. The average molecular weight is 579 g/mol. The minimum Gasteiger partial charge on any atom is -0.336 e. The summed E-state index contributed by atoms with van der Waals surface area (Å²) in [4.78, 5) is 45.5. The Morgan fingerprint density at radius 1 is 1.07 bits per heavy atom. The van der Waals surface area contributed by atoms with E-state index in [0.29, 0.717) is 35.4 Å². The van der Waals surface area contributed by atoms with Crippen LogP contribution in [0.3, 0.4) is 0 Å². The molecule has 1 N–H and O–H groups in total. The lowest BCUT2D eigenvalue weighted by molar-refractivity contribution is -0.131. The molecule has 0 spiro atoms. The number of halogens is 1. The summed E-state index contributed by atoms with van der Waals surface area (Å²) in [5.74, 6) is 1.75. The van der Waals surface area contributed by atoms with Gasteiger partial charge < -0.3 is 14.4 Å². The number of amides is 1. The van der Waals surface area contributed by atoms with Gasteiger partial charge in [0.15, 0.2) is 0 Å². The van der Waals surface area contributed by atoms with E-state index in [0.717, 1.165) is 47.8 Å². The van der Waals surface area contributed by atoms with Crippen LogP contribution in [0.15, 0.2) is 33.8 Å². The van der Waals surface area contributed by atoms with Gasteiger partial charge in [0.25, 0.3) is 0 Å². The largest absolute Gasteiger partial charge is 0.439 e. The van der Waals surface area contributed by atoms with Crippen molar-refractivity contribution < 1.29 is 9.32 Å². The molecule has 2 aliphatic rings. The van der Waals surface area contributed by atoms with Crippen molar-refractivity contribution in [3.05, 3.63) is 40.1 Å². The number of hydrogen-bond acceptors (Lipinski definition) is 8. The van der Waals surface area contributed by atoms with Crippen LogP contribution in [-0.2, 0) is 11.3 Å². The summed E-state index contributed by atoms with van der Waals surface area (Å²) in [5, 5.41) is 4.38. The Kier molecular flexibility index (Phi) is 7.31. The zero-order valence-electron chi connectivity index (χ0n) is 23.8. The van der Waals surface area contributed by atoms with Crippen LogP contribution in [0.2, 0.25) is 5.02 Å². The molecule has 1 saturated heterocycles. The number of piperazine rings is 1. The van der Waals surface area contributed by atoms with Crippen molar-refractivity contribution in [3.8, 4) is 22.8 Å². The molecule has 4 aromatic heterocycles. The van der Waals surface area contributed by atoms with E-state index in [1.165, 1.54) is 12.8 Å². The third-order valence-electron chi connectivity index (χ3n) is 8.87. The highest BCUT2D eigenvalue weighted by Gasteiger charge is 2.35. The highest BCUT2D eigenvalue weighted by atomic mass is 35.5. The van der Waals surface area contributed by atoms with Crippen molar-refractivity contribution in [1.29, 1.82) is 0 Å². The molecule has 41 heavy (non-hydrogen) atoms. The molecule has 6 rings (SSSR count). The summed E-state index contributed by atoms with van der Waals surface area (Å²) in [7, 11) is 0. The minimum absolute atomic E-state index is 0.0236. The van der Waals surface area contributed by atoms with E-state index in [2.05, 4.69) is 45.4 Å². The van der Waals surface area contributed by atoms with Gasteiger partial charge in [-0.15, -0.1) is 0 Å². The summed E-state index contributed by atoms with van der Waals surface area (Å²) < 4.78 is 7.09. The maximum absolute atomic E-state index is 12.3. The van der Waals surface area contributed by atoms with E-state index < -0.39 is 5.76 Å². The second-order valence-corrected chi connectivity index (χ2v) is 12.0.